The summed E-state index contributed by atoms with van der Waals surface area (Å²) in [4.78, 5) is 47.7. The van der Waals surface area contributed by atoms with E-state index in [0.717, 1.165) is 25.5 Å². The number of hydrogen-bond donors (Lipinski definition) is 3. The number of halogens is 2. The summed E-state index contributed by atoms with van der Waals surface area (Å²) in [6.07, 6.45) is 3.65. The monoisotopic (exact) mass is 650 g/mol. The van der Waals surface area contributed by atoms with Crippen LogP contribution in [0, 0.1) is 6.92 Å². The van der Waals surface area contributed by atoms with Gasteiger partial charge in [0.1, 0.15) is 27.8 Å². The van der Waals surface area contributed by atoms with Gasteiger partial charge in [-0.3, -0.25) is 4.79 Å². The molecule has 0 unspecified atom stereocenters. The number of piperazine rings is 1. The number of nitrogens with zero attached hydrogens (tertiary/aromatic N) is 5. The number of aromatic nitrogens is 4. The molecule has 2 saturated heterocycles. The van der Waals surface area contributed by atoms with Crippen molar-refractivity contribution in [2.24, 2.45) is 0 Å². The Balaban J connectivity index is 1.35. The highest BCUT2D eigenvalue weighted by molar-refractivity contribution is 7.17. The lowest BCUT2D eigenvalue weighted by Crippen LogP contribution is -2.55. The third-order valence-electron chi connectivity index (χ3n) is 7.46. The number of ether oxygens (including phenoxy) is 2. The molecule has 3 aromatic rings. The molecule has 3 atom stereocenters. The van der Waals surface area contributed by atoms with Gasteiger partial charge in [-0.1, -0.05) is 34.5 Å². The number of carbonyl (C=O) groups is 2. The average molecular weight is 652 g/mol. The Morgan fingerprint density at radius 1 is 1.12 bits per heavy atom. The topological polar surface area (TPSA) is 138 Å². The van der Waals surface area contributed by atoms with Gasteiger partial charge < -0.3 is 34.9 Å². The number of esters is 1. The SMILES string of the molecule is CCOC(=O)c1sc(N2CC[C@@H](NC(=O)c3[nH]c(C)c(Cl)c3Cl)[C@@H](OCC)C2)nc1-c1cnc(N2CCN[C@H](C)C2)cn1. The first-order valence-corrected chi connectivity index (χ1v) is 16.0. The van der Waals surface area contributed by atoms with Gasteiger partial charge in [-0.25, -0.2) is 19.7 Å². The zero-order chi connectivity index (χ0) is 30.7. The van der Waals surface area contributed by atoms with E-state index in [0.29, 0.717) is 64.3 Å². The van der Waals surface area contributed by atoms with Gasteiger partial charge in [0.15, 0.2) is 5.13 Å². The molecule has 3 N–H and O–H groups in total. The fourth-order valence-electron chi connectivity index (χ4n) is 5.31. The van der Waals surface area contributed by atoms with Gasteiger partial charge in [-0.15, -0.1) is 0 Å². The number of carbonyl (C=O) groups excluding carboxylic acids is 2. The normalized spacial score (nSPS) is 20.7. The molecular formula is C28H36Cl2N8O4S. The Kier molecular flexibility index (Phi) is 10.1. The molecule has 2 aliphatic rings. The van der Waals surface area contributed by atoms with Gasteiger partial charge in [-0.05, 0) is 34.1 Å². The summed E-state index contributed by atoms with van der Waals surface area (Å²) < 4.78 is 11.4. The van der Waals surface area contributed by atoms with Crippen LogP contribution >= 0.6 is 34.5 Å². The third kappa shape index (κ3) is 6.91. The first-order valence-electron chi connectivity index (χ1n) is 14.4. The number of piperidine rings is 1. The maximum atomic E-state index is 13.0. The fourth-order valence-corrected chi connectivity index (χ4v) is 6.73. The van der Waals surface area contributed by atoms with Crippen molar-refractivity contribution in [1.82, 2.24) is 30.6 Å². The van der Waals surface area contributed by atoms with Crippen molar-refractivity contribution < 1.29 is 19.1 Å². The quantitative estimate of drug-likeness (QED) is 0.292. The molecule has 2 aliphatic heterocycles. The highest BCUT2D eigenvalue weighted by atomic mass is 35.5. The average Bonchev–Trinajstić information content (AvgIpc) is 3.56. The fraction of sp³-hybridized carbons (Fsp3) is 0.536. The molecule has 3 aromatic heterocycles. The summed E-state index contributed by atoms with van der Waals surface area (Å²) in [5, 5.41) is 7.65. The van der Waals surface area contributed by atoms with Gasteiger partial charge in [0, 0.05) is 51.1 Å². The standard InChI is InChI=1S/C28H36Cl2N8O4S/c1-5-41-19-14-38(9-7-17(19)35-26(39)24-22(30)21(29)16(4)34-24)28-36-23(25(43-28)27(40)42-6-2)18-11-33-20(12-32-18)37-10-8-31-15(3)13-37/h11-12,15,17,19,31,34H,5-10,13-14H2,1-4H3,(H,35,39)/t15-,17-,19+/m1/s1. The van der Waals surface area contributed by atoms with Crippen molar-refractivity contribution in [2.75, 3.05) is 55.7 Å². The Hall–Kier alpha value is -2.97. The smallest absolute Gasteiger partial charge is 0.350 e. The van der Waals surface area contributed by atoms with Crippen LogP contribution in [0.5, 0.6) is 0 Å². The molecule has 15 heteroatoms. The summed E-state index contributed by atoms with van der Waals surface area (Å²) in [7, 11) is 0. The van der Waals surface area contributed by atoms with Crippen LogP contribution in [-0.4, -0.2) is 95.9 Å². The number of aromatic amines is 1. The molecule has 1 amide bonds. The lowest BCUT2D eigenvalue weighted by atomic mass is 10.0. The second-order valence-electron chi connectivity index (χ2n) is 10.5. The second-order valence-corrected chi connectivity index (χ2v) is 12.3. The van der Waals surface area contributed by atoms with Crippen LogP contribution in [0.3, 0.4) is 0 Å². The number of nitrogens with one attached hydrogen (secondary N) is 3. The molecule has 0 spiro atoms. The summed E-state index contributed by atoms with van der Waals surface area (Å²) in [5.74, 6) is -0.0168. The number of aryl methyl sites for hydroxylation is 1. The Morgan fingerprint density at radius 3 is 2.58 bits per heavy atom. The molecule has 0 aliphatic carbocycles. The number of thiazole rings is 1. The van der Waals surface area contributed by atoms with Crippen LogP contribution in [0.1, 0.15) is 53.0 Å². The number of amides is 1. The molecular weight excluding hydrogens is 615 g/mol. The lowest BCUT2D eigenvalue weighted by molar-refractivity contribution is 0.0272. The molecule has 0 radical (unpaired) electrons. The van der Waals surface area contributed by atoms with Crippen LogP contribution in [-0.2, 0) is 9.47 Å². The summed E-state index contributed by atoms with van der Waals surface area (Å²) in [6, 6.07) is 0.0934. The van der Waals surface area contributed by atoms with Gasteiger partial charge in [0.2, 0.25) is 0 Å². The number of rotatable bonds is 9. The zero-order valence-electron chi connectivity index (χ0n) is 24.6. The summed E-state index contributed by atoms with van der Waals surface area (Å²) in [6.45, 7) is 11.9. The van der Waals surface area contributed by atoms with Gasteiger partial charge in [-0.2, -0.15) is 0 Å². The molecule has 43 heavy (non-hydrogen) atoms. The molecule has 232 valence electrons. The van der Waals surface area contributed by atoms with Gasteiger partial charge in [0.25, 0.3) is 5.91 Å². The van der Waals surface area contributed by atoms with Crippen molar-refractivity contribution in [2.45, 2.75) is 52.3 Å². The van der Waals surface area contributed by atoms with E-state index in [1.54, 1.807) is 26.2 Å². The van der Waals surface area contributed by atoms with E-state index in [-0.39, 0.29) is 35.4 Å². The second kappa shape index (κ2) is 13.8. The number of hydrogen-bond acceptors (Lipinski definition) is 11. The summed E-state index contributed by atoms with van der Waals surface area (Å²) in [5.41, 5.74) is 1.78. The number of anilines is 2. The molecule has 0 bridgehead atoms. The Labute approximate surface area is 264 Å². The van der Waals surface area contributed by atoms with E-state index in [1.807, 2.05) is 6.92 Å². The Bertz CT molecular complexity index is 1450. The van der Waals surface area contributed by atoms with Crippen molar-refractivity contribution in [3.63, 3.8) is 0 Å². The highest BCUT2D eigenvalue weighted by Crippen LogP contribution is 2.35. The molecule has 5 heterocycles. The van der Waals surface area contributed by atoms with Crippen molar-refractivity contribution in [3.8, 4) is 11.4 Å². The van der Waals surface area contributed by atoms with Gasteiger partial charge >= 0.3 is 5.97 Å². The molecule has 12 nitrogen and oxygen atoms in total. The minimum atomic E-state index is -0.455. The predicted molar refractivity (Wildman–Crippen MR) is 168 cm³/mol. The predicted octanol–water partition coefficient (Wildman–Crippen LogP) is 3.93. The largest absolute Gasteiger partial charge is 0.462 e. The van der Waals surface area contributed by atoms with E-state index >= 15 is 0 Å². The van der Waals surface area contributed by atoms with Crippen LogP contribution in [0.15, 0.2) is 12.4 Å². The molecule has 2 fully saturated rings. The van der Waals surface area contributed by atoms with Crippen LogP contribution in [0.2, 0.25) is 10.0 Å². The maximum absolute atomic E-state index is 13.0. The van der Waals surface area contributed by atoms with Gasteiger partial charge in [0.05, 0.1) is 41.2 Å². The first-order chi connectivity index (χ1) is 20.7. The zero-order valence-corrected chi connectivity index (χ0v) is 26.9. The lowest BCUT2D eigenvalue weighted by Gasteiger charge is -2.38. The van der Waals surface area contributed by atoms with Crippen molar-refractivity contribution in [3.05, 3.63) is 38.7 Å². The first kappa shape index (κ1) is 31.5. The maximum Gasteiger partial charge on any atom is 0.350 e. The van der Waals surface area contributed by atoms with E-state index in [2.05, 4.69) is 42.3 Å². The minimum absolute atomic E-state index is 0.197. The van der Waals surface area contributed by atoms with Crippen LogP contribution < -0.4 is 20.4 Å². The Morgan fingerprint density at radius 2 is 1.93 bits per heavy atom. The molecule has 5 rings (SSSR count). The van der Waals surface area contributed by atoms with Crippen LogP contribution in [0.25, 0.3) is 11.4 Å². The highest BCUT2D eigenvalue weighted by Gasteiger charge is 2.34. The van der Waals surface area contributed by atoms with Crippen molar-refractivity contribution >= 4 is 57.4 Å². The van der Waals surface area contributed by atoms with Crippen LogP contribution in [0.4, 0.5) is 10.9 Å². The summed E-state index contributed by atoms with van der Waals surface area (Å²) >= 11 is 13.7. The van der Waals surface area contributed by atoms with E-state index in [1.165, 1.54) is 11.3 Å². The molecule has 0 aromatic carbocycles. The van der Waals surface area contributed by atoms with E-state index in [4.69, 9.17) is 37.7 Å². The minimum Gasteiger partial charge on any atom is -0.462 e. The van der Waals surface area contributed by atoms with E-state index in [9.17, 15) is 9.59 Å². The van der Waals surface area contributed by atoms with Crippen molar-refractivity contribution in [1.29, 1.82) is 0 Å². The van der Waals surface area contributed by atoms with E-state index < -0.39 is 5.97 Å². The third-order valence-corrected chi connectivity index (χ3v) is 9.50. The number of H-pyrrole nitrogens is 1. The molecule has 0 saturated carbocycles.